The average molecular weight is 530 g/mol. The minimum absolute atomic E-state index is 0.0105. The maximum absolute atomic E-state index is 14.6. The Bertz CT molecular complexity index is 1210. The van der Waals surface area contributed by atoms with Gasteiger partial charge in [0, 0.05) is 35.8 Å². The number of rotatable bonds is 5. The normalized spacial score (nSPS) is 23.5. The predicted molar refractivity (Wildman–Crippen MR) is 133 cm³/mol. The molecular formula is C26H29BrFN3O3. The number of piperidine rings is 1. The van der Waals surface area contributed by atoms with Crippen LogP contribution >= 0.6 is 15.9 Å². The summed E-state index contributed by atoms with van der Waals surface area (Å²) in [6.07, 6.45) is 6.25. The van der Waals surface area contributed by atoms with E-state index >= 15 is 0 Å². The first kappa shape index (κ1) is 23.3. The number of carbonyl (C=O) groups excluding carboxylic acids is 1. The Labute approximate surface area is 207 Å². The zero-order valence-corrected chi connectivity index (χ0v) is 21.1. The fourth-order valence-electron chi connectivity index (χ4n) is 5.49. The number of nitrogens with zero attached hydrogens (tertiary/aromatic N) is 3. The van der Waals surface area contributed by atoms with Crippen molar-refractivity contribution in [3.8, 4) is 5.75 Å². The lowest BCUT2D eigenvalue weighted by Crippen LogP contribution is -2.40. The monoisotopic (exact) mass is 529 g/mol. The predicted octanol–water partition coefficient (Wildman–Crippen LogP) is 6.33. The number of benzene rings is 2. The van der Waals surface area contributed by atoms with Crippen LogP contribution < -0.4 is 9.64 Å². The molecule has 8 heteroatoms. The second-order valence-electron chi connectivity index (χ2n) is 9.13. The number of ether oxygens (including phenoxy) is 2. The fourth-order valence-corrected chi connectivity index (χ4v) is 5.84. The Balaban J connectivity index is 1.61. The van der Waals surface area contributed by atoms with Crippen molar-refractivity contribution in [3.63, 3.8) is 0 Å². The molecule has 2 aliphatic rings. The van der Waals surface area contributed by atoms with Gasteiger partial charge in [-0.1, -0.05) is 15.9 Å². The Hall–Kier alpha value is -2.45. The molecule has 6 nitrogen and oxygen atoms in total. The van der Waals surface area contributed by atoms with Gasteiger partial charge in [-0.2, -0.15) is 0 Å². The molecule has 0 unspecified atom stereocenters. The zero-order valence-electron chi connectivity index (χ0n) is 19.5. The van der Waals surface area contributed by atoms with Gasteiger partial charge in [-0.15, -0.1) is 0 Å². The summed E-state index contributed by atoms with van der Waals surface area (Å²) in [6.45, 7) is 0. The summed E-state index contributed by atoms with van der Waals surface area (Å²) in [7, 11) is 3.21. The van der Waals surface area contributed by atoms with Crippen LogP contribution in [0.2, 0.25) is 0 Å². The number of imidazole rings is 1. The smallest absolute Gasteiger partial charge is 0.227 e. The quantitative estimate of drug-likeness (QED) is 0.387. The molecule has 1 saturated carbocycles. The van der Waals surface area contributed by atoms with Crippen molar-refractivity contribution >= 4 is 38.6 Å². The van der Waals surface area contributed by atoms with Gasteiger partial charge in [-0.25, -0.2) is 9.37 Å². The second kappa shape index (κ2) is 9.66. The third kappa shape index (κ3) is 4.22. The van der Waals surface area contributed by atoms with Gasteiger partial charge >= 0.3 is 0 Å². The number of halogens is 2. The van der Waals surface area contributed by atoms with E-state index in [9.17, 15) is 9.18 Å². The summed E-state index contributed by atoms with van der Waals surface area (Å²) >= 11 is 3.57. The van der Waals surface area contributed by atoms with Crippen LogP contribution in [0, 0.1) is 5.82 Å². The van der Waals surface area contributed by atoms with Crippen molar-refractivity contribution in [2.45, 2.75) is 63.1 Å². The lowest BCUT2D eigenvalue weighted by Gasteiger charge is -2.37. The fraction of sp³-hybridized carbons (Fsp3) is 0.462. The summed E-state index contributed by atoms with van der Waals surface area (Å²) in [5.74, 6) is 0.547. The minimum atomic E-state index is -0.479. The molecule has 1 aromatic heterocycles. The van der Waals surface area contributed by atoms with Gasteiger partial charge in [0.25, 0.3) is 0 Å². The standard InChI is InChI=1S/C26H29BrFN3O3/c1-33-19-10-7-17(8-11-19)31-22-12-6-16(27)14-21(22)29-26(31)23-4-3-5-25(32)30(23)18-9-13-24(34-2)20(28)15-18/h6,9,12-15,17,19,23H,3-5,7-8,10-11H2,1-2H3/t17-,19-,23-/m0/s1. The molecule has 34 heavy (non-hydrogen) atoms. The minimum Gasteiger partial charge on any atom is -0.494 e. The van der Waals surface area contributed by atoms with Crippen molar-refractivity contribution in [2.75, 3.05) is 19.1 Å². The molecule has 2 aromatic carbocycles. The molecule has 0 spiro atoms. The number of methoxy groups -OCH3 is 2. The van der Waals surface area contributed by atoms with Crippen LogP contribution in [0.1, 0.15) is 62.9 Å². The van der Waals surface area contributed by atoms with Crippen molar-refractivity contribution in [1.29, 1.82) is 0 Å². The molecule has 180 valence electrons. The number of aromatic nitrogens is 2. The number of fused-ring (bicyclic) bond motifs is 1. The van der Waals surface area contributed by atoms with Crippen LogP contribution in [-0.4, -0.2) is 35.8 Å². The van der Waals surface area contributed by atoms with Crippen molar-refractivity contribution in [2.24, 2.45) is 0 Å². The van der Waals surface area contributed by atoms with Gasteiger partial charge in [0.05, 0.1) is 30.3 Å². The maximum atomic E-state index is 14.6. The second-order valence-corrected chi connectivity index (χ2v) is 10.0. The zero-order chi connectivity index (χ0) is 23.8. The van der Waals surface area contributed by atoms with E-state index in [0.717, 1.165) is 59.9 Å². The number of hydrogen-bond acceptors (Lipinski definition) is 4. The Morgan fingerprint density at radius 2 is 1.85 bits per heavy atom. The summed E-state index contributed by atoms with van der Waals surface area (Å²) in [4.78, 5) is 20.0. The molecule has 1 aliphatic heterocycles. The Morgan fingerprint density at radius 3 is 2.56 bits per heavy atom. The van der Waals surface area contributed by atoms with Gasteiger partial charge in [0.15, 0.2) is 11.6 Å². The molecule has 2 fully saturated rings. The molecule has 5 rings (SSSR count). The molecule has 1 aliphatic carbocycles. The van der Waals surface area contributed by atoms with Crippen molar-refractivity contribution in [1.82, 2.24) is 9.55 Å². The van der Waals surface area contributed by atoms with Gasteiger partial charge in [-0.05, 0) is 68.9 Å². The molecule has 2 heterocycles. The van der Waals surface area contributed by atoms with Crippen LogP contribution in [0.25, 0.3) is 11.0 Å². The molecule has 1 atom stereocenters. The van der Waals surface area contributed by atoms with E-state index in [1.165, 1.54) is 13.2 Å². The van der Waals surface area contributed by atoms with Crippen LogP contribution in [0.3, 0.4) is 0 Å². The Morgan fingerprint density at radius 1 is 1.06 bits per heavy atom. The third-order valence-corrected chi connectivity index (χ3v) is 7.67. The largest absolute Gasteiger partial charge is 0.494 e. The van der Waals surface area contributed by atoms with E-state index in [4.69, 9.17) is 14.5 Å². The summed E-state index contributed by atoms with van der Waals surface area (Å²) < 4.78 is 28.6. The molecule has 1 amide bonds. The first-order valence-corrected chi connectivity index (χ1v) is 12.6. The highest BCUT2D eigenvalue weighted by Crippen LogP contribution is 2.41. The topological polar surface area (TPSA) is 56.6 Å². The van der Waals surface area contributed by atoms with Gasteiger partial charge in [-0.3, -0.25) is 4.79 Å². The van der Waals surface area contributed by atoms with E-state index in [2.05, 4.69) is 26.6 Å². The number of hydrogen-bond donors (Lipinski definition) is 0. The number of amides is 1. The van der Waals surface area contributed by atoms with Gasteiger partial charge < -0.3 is 18.9 Å². The molecular weight excluding hydrogens is 501 g/mol. The third-order valence-electron chi connectivity index (χ3n) is 7.18. The first-order valence-electron chi connectivity index (χ1n) is 11.9. The molecule has 0 N–H and O–H groups in total. The lowest BCUT2D eigenvalue weighted by molar-refractivity contribution is -0.120. The molecule has 3 aromatic rings. The summed E-state index contributed by atoms with van der Waals surface area (Å²) in [5, 5.41) is 0. The molecule has 1 saturated heterocycles. The average Bonchev–Trinajstić information content (AvgIpc) is 3.22. The summed E-state index contributed by atoms with van der Waals surface area (Å²) in [5.41, 5.74) is 2.51. The first-order chi connectivity index (χ1) is 16.5. The summed E-state index contributed by atoms with van der Waals surface area (Å²) in [6, 6.07) is 10.9. The van der Waals surface area contributed by atoms with E-state index in [0.29, 0.717) is 18.2 Å². The highest BCUT2D eigenvalue weighted by atomic mass is 79.9. The maximum Gasteiger partial charge on any atom is 0.227 e. The molecule has 0 bridgehead atoms. The van der Waals surface area contributed by atoms with Gasteiger partial charge in [0.1, 0.15) is 5.82 Å². The van der Waals surface area contributed by atoms with Crippen molar-refractivity contribution < 1.29 is 18.7 Å². The highest BCUT2D eigenvalue weighted by molar-refractivity contribution is 9.10. The van der Waals surface area contributed by atoms with Crippen LogP contribution in [0.4, 0.5) is 10.1 Å². The van der Waals surface area contributed by atoms with Crippen LogP contribution in [0.5, 0.6) is 5.75 Å². The lowest BCUT2D eigenvalue weighted by atomic mass is 9.92. The highest BCUT2D eigenvalue weighted by Gasteiger charge is 2.36. The molecule has 0 radical (unpaired) electrons. The van der Waals surface area contributed by atoms with E-state index in [1.807, 2.05) is 12.1 Å². The van der Waals surface area contributed by atoms with Gasteiger partial charge in [0.2, 0.25) is 5.91 Å². The van der Waals surface area contributed by atoms with E-state index in [1.54, 1.807) is 24.1 Å². The van der Waals surface area contributed by atoms with Crippen LogP contribution in [-0.2, 0) is 9.53 Å². The Kier molecular flexibility index (Phi) is 6.62. The van der Waals surface area contributed by atoms with Crippen LogP contribution in [0.15, 0.2) is 40.9 Å². The number of anilines is 1. The van der Waals surface area contributed by atoms with E-state index in [-0.39, 0.29) is 23.7 Å². The number of carbonyl (C=O) groups is 1. The van der Waals surface area contributed by atoms with E-state index < -0.39 is 5.82 Å². The SMILES string of the molecule is COc1ccc(N2C(=O)CCC[C@H]2c2nc3cc(Br)ccc3n2[C@H]2CC[C@H](OC)CC2)cc1F. The van der Waals surface area contributed by atoms with Crippen molar-refractivity contribution in [3.05, 3.63) is 52.5 Å².